The number of aromatic nitrogens is 2. The Labute approximate surface area is 157 Å². The van der Waals surface area contributed by atoms with Gasteiger partial charge < -0.3 is 10.1 Å². The molecule has 132 valence electrons. The highest BCUT2D eigenvalue weighted by molar-refractivity contribution is 9.10. The predicted molar refractivity (Wildman–Crippen MR) is 97.7 cm³/mol. The first-order chi connectivity index (χ1) is 12.1. The fraction of sp³-hybridized carbons (Fsp3) is 0.375. The molecule has 0 aliphatic carbocycles. The molecule has 25 heavy (non-hydrogen) atoms. The molecule has 1 fully saturated rings. The summed E-state index contributed by atoms with van der Waals surface area (Å²) < 4.78 is 6.19. The standard InChI is InChI=1S/C16H17BrN4O3S/c17-11-4-1-3-10(9-11)14(22)18-7-6-13-20-21-16(25-13)19-15(23)12-5-2-8-24-12/h1,3-4,9,12H,2,5-8H2,(H,18,22)(H,19,21,23)/t12-/m0/s1. The molecule has 1 aromatic heterocycles. The second-order valence-corrected chi connectivity index (χ2v) is 7.49. The summed E-state index contributed by atoms with van der Waals surface area (Å²) in [6.45, 7) is 1.07. The molecular weight excluding hydrogens is 408 g/mol. The van der Waals surface area contributed by atoms with E-state index in [1.165, 1.54) is 11.3 Å². The van der Waals surface area contributed by atoms with Crippen molar-refractivity contribution in [2.45, 2.75) is 25.4 Å². The van der Waals surface area contributed by atoms with Crippen molar-refractivity contribution in [1.29, 1.82) is 0 Å². The van der Waals surface area contributed by atoms with Crippen molar-refractivity contribution in [2.24, 2.45) is 0 Å². The lowest BCUT2D eigenvalue weighted by Crippen LogP contribution is -2.26. The van der Waals surface area contributed by atoms with Crippen LogP contribution in [0.25, 0.3) is 0 Å². The van der Waals surface area contributed by atoms with Crippen LogP contribution in [0.5, 0.6) is 0 Å². The molecule has 2 heterocycles. The largest absolute Gasteiger partial charge is 0.368 e. The molecule has 1 atom stereocenters. The third kappa shape index (κ3) is 5.07. The Morgan fingerprint density at radius 2 is 2.24 bits per heavy atom. The molecule has 9 heteroatoms. The van der Waals surface area contributed by atoms with E-state index in [2.05, 4.69) is 36.8 Å². The lowest BCUT2D eigenvalue weighted by atomic mass is 10.2. The summed E-state index contributed by atoms with van der Waals surface area (Å²) in [6.07, 6.45) is 1.79. The van der Waals surface area contributed by atoms with E-state index in [0.717, 1.165) is 22.3 Å². The molecule has 2 aromatic rings. The van der Waals surface area contributed by atoms with E-state index >= 15 is 0 Å². The Balaban J connectivity index is 1.45. The Hall–Kier alpha value is -1.84. The van der Waals surface area contributed by atoms with Crippen LogP contribution in [0.3, 0.4) is 0 Å². The molecule has 0 spiro atoms. The minimum atomic E-state index is -0.392. The van der Waals surface area contributed by atoms with Crippen LogP contribution in [0.2, 0.25) is 0 Å². The average molecular weight is 425 g/mol. The summed E-state index contributed by atoms with van der Waals surface area (Å²) in [7, 11) is 0. The SMILES string of the molecule is O=C(NCCc1nnc(NC(=O)[C@@H]2CCCO2)s1)c1cccc(Br)c1. The molecule has 0 saturated carbocycles. The number of nitrogens with one attached hydrogen (secondary N) is 2. The summed E-state index contributed by atoms with van der Waals surface area (Å²) in [5.74, 6) is -0.319. The van der Waals surface area contributed by atoms with E-state index < -0.39 is 6.10 Å². The summed E-state index contributed by atoms with van der Waals surface area (Å²) in [6, 6.07) is 7.19. The van der Waals surface area contributed by atoms with Crippen LogP contribution in [0.1, 0.15) is 28.2 Å². The number of carbonyl (C=O) groups excluding carboxylic acids is 2. The molecule has 0 bridgehead atoms. The van der Waals surface area contributed by atoms with Gasteiger partial charge in [0, 0.05) is 29.6 Å². The van der Waals surface area contributed by atoms with Crippen molar-refractivity contribution in [3.05, 3.63) is 39.3 Å². The molecule has 3 rings (SSSR count). The van der Waals surface area contributed by atoms with E-state index in [1.54, 1.807) is 12.1 Å². The Morgan fingerprint density at radius 1 is 1.36 bits per heavy atom. The molecule has 0 radical (unpaired) electrons. The molecule has 2 amide bonds. The zero-order valence-electron chi connectivity index (χ0n) is 13.3. The minimum absolute atomic E-state index is 0.141. The average Bonchev–Trinajstić information content (AvgIpc) is 3.26. The number of nitrogens with zero attached hydrogens (tertiary/aromatic N) is 2. The number of amides is 2. The highest BCUT2D eigenvalue weighted by Gasteiger charge is 2.24. The van der Waals surface area contributed by atoms with Gasteiger partial charge in [-0.1, -0.05) is 33.3 Å². The maximum Gasteiger partial charge on any atom is 0.255 e. The third-order valence-electron chi connectivity index (χ3n) is 3.63. The lowest BCUT2D eigenvalue weighted by molar-refractivity contribution is -0.124. The van der Waals surface area contributed by atoms with Gasteiger partial charge in [-0.3, -0.25) is 14.9 Å². The number of ether oxygens (including phenoxy) is 1. The van der Waals surface area contributed by atoms with E-state index in [-0.39, 0.29) is 11.8 Å². The van der Waals surface area contributed by atoms with Gasteiger partial charge in [0.05, 0.1) is 0 Å². The van der Waals surface area contributed by atoms with Crippen molar-refractivity contribution in [1.82, 2.24) is 15.5 Å². The quantitative estimate of drug-likeness (QED) is 0.742. The van der Waals surface area contributed by atoms with Gasteiger partial charge >= 0.3 is 0 Å². The summed E-state index contributed by atoms with van der Waals surface area (Å²) in [5.41, 5.74) is 0.594. The topological polar surface area (TPSA) is 93.2 Å². The zero-order valence-corrected chi connectivity index (χ0v) is 15.7. The third-order valence-corrected chi connectivity index (χ3v) is 5.02. The Bertz CT molecular complexity index is 761. The summed E-state index contributed by atoms with van der Waals surface area (Å²) in [5, 5.41) is 14.8. The number of halogens is 1. The minimum Gasteiger partial charge on any atom is -0.368 e. The van der Waals surface area contributed by atoms with Crippen molar-refractivity contribution < 1.29 is 14.3 Å². The van der Waals surface area contributed by atoms with Crippen LogP contribution < -0.4 is 10.6 Å². The van der Waals surface area contributed by atoms with E-state index in [9.17, 15) is 9.59 Å². The van der Waals surface area contributed by atoms with Gasteiger partial charge in [-0.2, -0.15) is 0 Å². The van der Waals surface area contributed by atoms with Gasteiger partial charge in [-0.25, -0.2) is 0 Å². The zero-order chi connectivity index (χ0) is 17.6. The van der Waals surface area contributed by atoms with Gasteiger partial charge in [0.15, 0.2) is 0 Å². The second kappa shape index (κ2) is 8.50. The van der Waals surface area contributed by atoms with E-state index in [0.29, 0.717) is 30.3 Å². The number of hydrogen-bond donors (Lipinski definition) is 2. The molecule has 2 N–H and O–H groups in total. The van der Waals surface area contributed by atoms with Gasteiger partial charge in [0.25, 0.3) is 11.8 Å². The van der Waals surface area contributed by atoms with Gasteiger partial charge in [-0.15, -0.1) is 10.2 Å². The van der Waals surface area contributed by atoms with Crippen LogP contribution in [0.15, 0.2) is 28.7 Å². The molecule has 0 unspecified atom stereocenters. The second-order valence-electron chi connectivity index (χ2n) is 5.51. The highest BCUT2D eigenvalue weighted by Crippen LogP contribution is 2.18. The van der Waals surface area contributed by atoms with E-state index in [4.69, 9.17) is 4.74 Å². The van der Waals surface area contributed by atoms with Crippen LogP contribution >= 0.6 is 27.3 Å². The normalized spacial score (nSPS) is 16.6. The predicted octanol–water partition coefficient (Wildman–Crippen LogP) is 2.39. The van der Waals surface area contributed by atoms with Crippen LogP contribution in [-0.4, -0.2) is 41.3 Å². The van der Waals surface area contributed by atoms with Crippen molar-refractivity contribution in [3.8, 4) is 0 Å². The van der Waals surface area contributed by atoms with Crippen LogP contribution in [-0.2, 0) is 16.0 Å². The summed E-state index contributed by atoms with van der Waals surface area (Å²) >= 11 is 4.64. The first-order valence-corrected chi connectivity index (χ1v) is 9.51. The van der Waals surface area contributed by atoms with Crippen LogP contribution in [0.4, 0.5) is 5.13 Å². The maximum absolute atomic E-state index is 12.0. The highest BCUT2D eigenvalue weighted by atomic mass is 79.9. The van der Waals surface area contributed by atoms with Crippen molar-refractivity contribution >= 4 is 44.2 Å². The number of rotatable bonds is 6. The monoisotopic (exact) mass is 424 g/mol. The Kier molecular flexibility index (Phi) is 6.11. The molecular formula is C16H17BrN4O3S. The van der Waals surface area contributed by atoms with Crippen LogP contribution in [0, 0.1) is 0 Å². The number of hydrogen-bond acceptors (Lipinski definition) is 6. The molecule has 1 saturated heterocycles. The smallest absolute Gasteiger partial charge is 0.255 e. The van der Waals surface area contributed by atoms with Crippen molar-refractivity contribution in [2.75, 3.05) is 18.5 Å². The number of benzene rings is 1. The maximum atomic E-state index is 12.0. The molecule has 1 aliphatic heterocycles. The molecule has 1 aromatic carbocycles. The first kappa shape index (κ1) is 18.0. The Morgan fingerprint density at radius 3 is 3.00 bits per heavy atom. The van der Waals surface area contributed by atoms with Gasteiger partial charge in [0.1, 0.15) is 11.1 Å². The van der Waals surface area contributed by atoms with Gasteiger partial charge in [-0.05, 0) is 31.0 Å². The van der Waals surface area contributed by atoms with Crippen molar-refractivity contribution in [3.63, 3.8) is 0 Å². The lowest BCUT2D eigenvalue weighted by Gasteiger charge is -2.07. The molecule has 1 aliphatic rings. The first-order valence-electron chi connectivity index (χ1n) is 7.90. The molecule has 7 nitrogen and oxygen atoms in total. The fourth-order valence-electron chi connectivity index (χ4n) is 2.39. The fourth-order valence-corrected chi connectivity index (χ4v) is 3.53. The van der Waals surface area contributed by atoms with E-state index in [1.807, 2.05) is 12.1 Å². The summed E-state index contributed by atoms with van der Waals surface area (Å²) in [4.78, 5) is 24.0. The number of carbonyl (C=O) groups is 2. The van der Waals surface area contributed by atoms with Gasteiger partial charge in [0.2, 0.25) is 5.13 Å². The number of anilines is 1.